The van der Waals surface area contributed by atoms with Gasteiger partial charge in [-0.2, -0.15) is 0 Å². The zero-order valence-electron chi connectivity index (χ0n) is 13.1. The lowest BCUT2D eigenvalue weighted by Gasteiger charge is -2.23. The number of H-pyrrole nitrogens is 1. The van der Waals surface area contributed by atoms with Crippen LogP contribution in [-0.2, 0) is 6.54 Å². The minimum Gasteiger partial charge on any atom is -0.348 e. The molecule has 1 aliphatic heterocycles. The average molecular weight is 322 g/mol. The third-order valence-corrected chi connectivity index (χ3v) is 4.09. The van der Waals surface area contributed by atoms with Crippen molar-refractivity contribution in [3.63, 3.8) is 0 Å². The average Bonchev–Trinajstić information content (AvgIpc) is 3.28. The van der Waals surface area contributed by atoms with E-state index in [0.29, 0.717) is 11.8 Å². The lowest BCUT2D eigenvalue weighted by Crippen LogP contribution is -2.24. The number of anilines is 2. The molecule has 4 heterocycles. The van der Waals surface area contributed by atoms with Gasteiger partial charge in [0.05, 0.1) is 24.5 Å². The second kappa shape index (κ2) is 6.71. The first kappa shape index (κ1) is 14.7. The lowest BCUT2D eigenvalue weighted by atomic mass is 10.1. The van der Waals surface area contributed by atoms with E-state index in [1.165, 1.54) is 0 Å². The van der Waals surface area contributed by atoms with E-state index >= 15 is 0 Å². The molecule has 1 aliphatic rings. The molecule has 2 N–H and O–H groups in total. The Morgan fingerprint density at radius 1 is 1.17 bits per heavy atom. The normalized spacial score (nSPS) is 17.9. The molecule has 1 atom stereocenters. The van der Waals surface area contributed by atoms with Crippen molar-refractivity contribution in [1.82, 2.24) is 34.8 Å². The molecular weight excluding hydrogens is 304 g/mol. The Balaban J connectivity index is 1.51. The number of rotatable bonds is 5. The summed E-state index contributed by atoms with van der Waals surface area (Å²) < 4.78 is 0. The van der Waals surface area contributed by atoms with Crippen molar-refractivity contribution in [2.24, 2.45) is 0 Å². The Morgan fingerprint density at radius 3 is 3.00 bits per heavy atom. The van der Waals surface area contributed by atoms with Crippen molar-refractivity contribution < 1.29 is 0 Å². The molecular formula is C16H18N8. The molecule has 24 heavy (non-hydrogen) atoms. The Morgan fingerprint density at radius 2 is 2.17 bits per heavy atom. The van der Waals surface area contributed by atoms with Gasteiger partial charge < -0.3 is 10.3 Å². The molecule has 3 aromatic rings. The first-order valence-electron chi connectivity index (χ1n) is 7.97. The quantitative estimate of drug-likeness (QED) is 0.742. The molecule has 0 saturated carbocycles. The van der Waals surface area contributed by atoms with E-state index in [9.17, 15) is 0 Å². The Kier molecular flexibility index (Phi) is 4.11. The van der Waals surface area contributed by atoms with Gasteiger partial charge >= 0.3 is 0 Å². The van der Waals surface area contributed by atoms with Gasteiger partial charge in [-0.1, -0.05) is 0 Å². The number of aromatic nitrogens is 6. The number of hydrogen-bond acceptors (Lipinski definition) is 7. The molecule has 0 spiro atoms. The molecule has 8 heteroatoms. The summed E-state index contributed by atoms with van der Waals surface area (Å²) in [6.07, 6.45) is 12.6. The number of aromatic amines is 1. The topological polar surface area (TPSA) is 95.5 Å². The van der Waals surface area contributed by atoms with Gasteiger partial charge in [0, 0.05) is 31.0 Å². The predicted octanol–water partition coefficient (Wildman–Crippen LogP) is 2.07. The monoisotopic (exact) mass is 322 g/mol. The van der Waals surface area contributed by atoms with Crippen molar-refractivity contribution in [2.45, 2.75) is 25.4 Å². The molecule has 0 radical (unpaired) electrons. The summed E-state index contributed by atoms with van der Waals surface area (Å²) in [5, 5.41) is 3.10. The summed E-state index contributed by atoms with van der Waals surface area (Å²) in [6.45, 7) is 1.84. The van der Waals surface area contributed by atoms with Gasteiger partial charge in [-0.3, -0.25) is 9.88 Å². The second-order valence-corrected chi connectivity index (χ2v) is 5.69. The van der Waals surface area contributed by atoms with Crippen molar-refractivity contribution in [3.8, 4) is 0 Å². The smallest absolute Gasteiger partial charge is 0.228 e. The van der Waals surface area contributed by atoms with Crippen LogP contribution in [0.5, 0.6) is 0 Å². The highest BCUT2D eigenvalue weighted by molar-refractivity contribution is 5.45. The van der Waals surface area contributed by atoms with Crippen LogP contribution < -0.4 is 5.32 Å². The number of imidazole rings is 1. The first-order valence-corrected chi connectivity index (χ1v) is 7.97. The van der Waals surface area contributed by atoms with Gasteiger partial charge in [0.2, 0.25) is 5.95 Å². The molecule has 3 aromatic heterocycles. The van der Waals surface area contributed by atoms with Gasteiger partial charge in [0.1, 0.15) is 5.82 Å². The minimum atomic E-state index is 0.278. The van der Waals surface area contributed by atoms with Crippen LogP contribution in [0, 0.1) is 0 Å². The van der Waals surface area contributed by atoms with E-state index in [0.717, 1.165) is 37.4 Å². The fourth-order valence-electron chi connectivity index (χ4n) is 3.02. The molecule has 1 saturated heterocycles. The summed E-state index contributed by atoms with van der Waals surface area (Å²) in [7, 11) is 0. The Hall–Kier alpha value is -2.87. The van der Waals surface area contributed by atoms with E-state index in [1.54, 1.807) is 31.0 Å². The van der Waals surface area contributed by atoms with E-state index in [4.69, 9.17) is 0 Å². The van der Waals surface area contributed by atoms with Crippen molar-refractivity contribution >= 4 is 11.8 Å². The zero-order chi connectivity index (χ0) is 16.2. The number of nitrogens with zero attached hydrogens (tertiary/aromatic N) is 6. The highest BCUT2D eigenvalue weighted by Crippen LogP contribution is 2.32. The summed E-state index contributed by atoms with van der Waals surface area (Å²) in [5.41, 5.74) is 1.01. The van der Waals surface area contributed by atoms with Gasteiger partial charge in [-0.25, -0.2) is 19.9 Å². The van der Waals surface area contributed by atoms with E-state index in [1.807, 2.05) is 12.3 Å². The third kappa shape index (κ3) is 3.23. The number of likely N-dealkylation sites (tertiary alicyclic amines) is 1. The maximum atomic E-state index is 4.67. The van der Waals surface area contributed by atoms with Crippen LogP contribution in [0.1, 0.15) is 30.4 Å². The highest BCUT2D eigenvalue weighted by atomic mass is 15.2. The number of hydrogen-bond donors (Lipinski definition) is 2. The van der Waals surface area contributed by atoms with Gasteiger partial charge in [-0.05, 0) is 25.5 Å². The molecule has 0 unspecified atom stereocenters. The highest BCUT2D eigenvalue weighted by Gasteiger charge is 2.27. The maximum Gasteiger partial charge on any atom is 0.228 e. The molecule has 8 nitrogen and oxygen atoms in total. The molecule has 0 bridgehead atoms. The third-order valence-electron chi connectivity index (χ3n) is 4.09. The van der Waals surface area contributed by atoms with Crippen molar-refractivity contribution in [3.05, 3.63) is 54.8 Å². The molecule has 4 rings (SSSR count). The first-order chi connectivity index (χ1) is 11.9. The van der Waals surface area contributed by atoms with Crippen LogP contribution in [0.4, 0.5) is 11.8 Å². The fraction of sp³-hybridized carbons (Fsp3) is 0.312. The summed E-state index contributed by atoms with van der Waals surface area (Å²) in [4.78, 5) is 27.1. The summed E-state index contributed by atoms with van der Waals surface area (Å²) in [5.74, 6) is 2.15. The minimum absolute atomic E-state index is 0.278. The molecule has 0 aliphatic carbocycles. The van der Waals surface area contributed by atoms with E-state index in [-0.39, 0.29) is 6.04 Å². The lowest BCUT2D eigenvalue weighted by molar-refractivity contribution is 0.239. The largest absolute Gasteiger partial charge is 0.348 e. The van der Waals surface area contributed by atoms with E-state index in [2.05, 4.69) is 40.1 Å². The molecule has 122 valence electrons. The van der Waals surface area contributed by atoms with Crippen LogP contribution in [0.25, 0.3) is 0 Å². The van der Waals surface area contributed by atoms with Crippen molar-refractivity contribution in [2.75, 3.05) is 11.9 Å². The van der Waals surface area contributed by atoms with Crippen LogP contribution in [-0.4, -0.2) is 41.3 Å². The Bertz CT molecular complexity index is 774. The van der Waals surface area contributed by atoms with E-state index < -0.39 is 0 Å². The molecule has 1 fully saturated rings. The number of nitrogens with one attached hydrogen (secondary N) is 2. The van der Waals surface area contributed by atoms with Crippen LogP contribution in [0.15, 0.2) is 43.2 Å². The van der Waals surface area contributed by atoms with Gasteiger partial charge in [0.15, 0.2) is 5.82 Å². The van der Waals surface area contributed by atoms with Crippen LogP contribution in [0.2, 0.25) is 0 Å². The van der Waals surface area contributed by atoms with Crippen molar-refractivity contribution in [1.29, 1.82) is 0 Å². The van der Waals surface area contributed by atoms with Crippen LogP contribution in [0.3, 0.4) is 0 Å². The summed E-state index contributed by atoms with van der Waals surface area (Å²) in [6, 6.07) is 2.26. The fourth-order valence-corrected chi connectivity index (χ4v) is 3.02. The predicted molar refractivity (Wildman–Crippen MR) is 88.3 cm³/mol. The molecule has 0 aromatic carbocycles. The Labute approximate surface area is 139 Å². The standard InChI is InChI=1S/C16H18N8/c1-2-13(24(9-1)11-15-19-7-8-20-15)12-3-4-21-16(22-12)23-14-10-17-5-6-18-14/h3-8,10,13H,1-2,9,11H2,(H,19,20)(H,18,21,22,23)/t13-/m0/s1. The molecule has 0 amide bonds. The zero-order valence-corrected chi connectivity index (χ0v) is 13.1. The van der Waals surface area contributed by atoms with Gasteiger partial charge in [-0.15, -0.1) is 0 Å². The SMILES string of the molecule is c1cnc(Nc2nccc([C@@H]3CCCN3Cc3ncc[nH]3)n2)cn1. The second-order valence-electron chi connectivity index (χ2n) is 5.69. The van der Waals surface area contributed by atoms with Gasteiger partial charge in [0.25, 0.3) is 0 Å². The van der Waals surface area contributed by atoms with Crippen LogP contribution >= 0.6 is 0 Å². The summed E-state index contributed by atoms with van der Waals surface area (Å²) >= 11 is 0. The maximum absolute atomic E-state index is 4.67.